The molecule has 7 heteroatoms. The third-order valence-corrected chi connectivity index (χ3v) is 5.06. The number of carbonyl (C=O) groups is 1. The highest BCUT2D eigenvalue weighted by Crippen LogP contribution is 2.17. The number of hydrogen-bond acceptors (Lipinski definition) is 4. The average molecular weight is 339 g/mol. The summed E-state index contributed by atoms with van der Waals surface area (Å²) in [7, 11) is -3.65. The van der Waals surface area contributed by atoms with Crippen molar-refractivity contribution in [1.29, 1.82) is 0 Å². The van der Waals surface area contributed by atoms with Gasteiger partial charge in [0.2, 0.25) is 15.9 Å². The Morgan fingerprint density at radius 2 is 1.78 bits per heavy atom. The molecule has 0 atom stereocenters. The van der Waals surface area contributed by atoms with Crippen molar-refractivity contribution in [1.82, 2.24) is 10.6 Å². The molecule has 0 radical (unpaired) electrons. The summed E-state index contributed by atoms with van der Waals surface area (Å²) >= 11 is 0. The molecule has 0 unspecified atom stereocenters. The van der Waals surface area contributed by atoms with Crippen LogP contribution in [0.2, 0.25) is 0 Å². The van der Waals surface area contributed by atoms with Crippen LogP contribution in [0.25, 0.3) is 0 Å². The largest absolute Gasteiger partial charge is 0.356 e. The van der Waals surface area contributed by atoms with E-state index in [1.54, 1.807) is 12.1 Å². The first-order chi connectivity index (χ1) is 10.9. The minimum atomic E-state index is -3.65. The van der Waals surface area contributed by atoms with E-state index in [9.17, 15) is 13.2 Å². The molecule has 0 bridgehead atoms. The molecular weight excluding hydrogens is 314 g/mol. The van der Waals surface area contributed by atoms with Crippen LogP contribution in [0.15, 0.2) is 29.2 Å². The predicted octanol–water partition coefficient (Wildman–Crippen LogP) is 0.915. The summed E-state index contributed by atoms with van der Waals surface area (Å²) in [5.74, 6) is 0.0386. The quantitative estimate of drug-likeness (QED) is 0.655. The van der Waals surface area contributed by atoms with Gasteiger partial charge in [-0.2, -0.15) is 0 Å². The van der Waals surface area contributed by atoms with Crippen LogP contribution in [0.4, 0.5) is 0 Å². The monoisotopic (exact) mass is 339 g/mol. The van der Waals surface area contributed by atoms with Crippen LogP contribution in [0.3, 0.4) is 0 Å². The second kappa shape index (κ2) is 8.42. The van der Waals surface area contributed by atoms with Crippen molar-refractivity contribution in [3.05, 3.63) is 29.8 Å². The van der Waals surface area contributed by atoms with Gasteiger partial charge in [-0.15, -0.1) is 0 Å². The third kappa shape index (κ3) is 6.29. The smallest absolute Gasteiger partial charge is 0.238 e. The first kappa shape index (κ1) is 17.9. The van der Waals surface area contributed by atoms with Crippen LogP contribution in [0.1, 0.15) is 37.7 Å². The van der Waals surface area contributed by atoms with Crippen LogP contribution in [-0.4, -0.2) is 33.5 Å². The van der Waals surface area contributed by atoms with Gasteiger partial charge in [-0.3, -0.25) is 4.79 Å². The molecule has 2 rings (SSSR count). The van der Waals surface area contributed by atoms with Crippen molar-refractivity contribution in [2.75, 3.05) is 13.1 Å². The minimum Gasteiger partial charge on any atom is -0.356 e. The molecule has 1 amide bonds. The summed E-state index contributed by atoms with van der Waals surface area (Å²) in [6, 6.07) is 6.98. The van der Waals surface area contributed by atoms with Crippen LogP contribution >= 0.6 is 0 Å². The normalized spacial score (nSPS) is 15.7. The van der Waals surface area contributed by atoms with E-state index >= 15 is 0 Å². The number of rotatable bonds is 8. The second-order valence-electron chi connectivity index (χ2n) is 5.97. The first-order valence-electron chi connectivity index (χ1n) is 8.07. The predicted molar refractivity (Wildman–Crippen MR) is 89.4 cm³/mol. The Morgan fingerprint density at radius 1 is 1.13 bits per heavy atom. The summed E-state index contributed by atoms with van der Waals surface area (Å²) in [6.45, 7) is 1.26. The molecule has 0 saturated heterocycles. The van der Waals surface area contributed by atoms with E-state index in [0.29, 0.717) is 25.4 Å². The summed E-state index contributed by atoms with van der Waals surface area (Å²) in [4.78, 5) is 11.8. The lowest BCUT2D eigenvalue weighted by atomic mass is 10.1. The Hall–Kier alpha value is -1.44. The zero-order valence-corrected chi connectivity index (χ0v) is 14.1. The molecule has 1 aliphatic rings. The summed E-state index contributed by atoms with van der Waals surface area (Å²) in [6.07, 6.45) is 6.15. The fraction of sp³-hybridized carbons (Fsp3) is 0.562. The van der Waals surface area contributed by atoms with Gasteiger partial charge in [-0.25, -0.2) is 13.6 Å². The average Bonchev–Trinajstić information content (AvgIpc) is 3.00. The molecule has 6 nitrogen and oxygen atoms in total. The fourth-order valence-electron chi connectivity index (χ4n) is 2.80. The van der Waals surface area contributed by atoms with E-state index in [2.05, 4.69) is 10.6 Å². The van der Waals surface area contributed by atoms with E-state index in [1.165, 1.54) is 37.8 Å². The zero-order chi connectivity index (χ0) is 16.7. The van der Waals surface area contributed by atoms with E-state index in [4.69, 9.17) is 5.14 Å². The van der Waals surface area contributed by atoms with Crippen molar-refractivity contribution in [3.8, 4) is 0 Å². The van der Waals surface area contributed by atoms with Crippen molar-refractivity contribution in [2.45, 2.75) is 49.5 Å². The number of hydrogen-bond donors (Lipinski definition) is 3. The fourth-order valence-corrected chi connectivity index (χ4v) is 3.32. The Balaban J connectivity index is 1.63. The molecule has 0 aliphatic heterocycles. The lowest BCUT2D eigenvalue weighted by Gasteiger charge is -2.11. The molecule has 23 heavy (non-hydrogen) atoms. The van der Waals surface area contributed by atoms with Crippen LogP contribution in [0.5, 0.6) is 0 Å². The number of carbonyl (C=O) groups excluding carboxylic acids is 1. The Kier molecular flexibility index (Phi) is 6.56. The van der Waals surface area contributed by atoms with Gasteiger partial charge in [0.1, 0.15) is 0 Å². The maximum atomic E-state index is 11.7. The third-order valence-electron chi connectivity index (χ3n) is 4.13. The van der Waals surface area contributed by atoms with Crippen molar-refractivity contribution in [2.24, 2.45) is 5.14 Å². The molecule has 0 spiro atoms. The van der Waals surface area contributed by atoms with Gasteiger partial charge < -0.3 is 10.6 Å². The van der Waals surface area contributed by atoms with Crippen molar-refractivity contribution in [3.63, 3.8) is 0 Å². The topological polar surface area (TPSA) is 101 Å². The maximum absolute atomic E-state index is 11.7. The SMILES string of the molecule is NS(=O)(=O)c1ccc(CCNC(=O)CCNC2CCCC2)cc1. The van der Waals surface area contributed by atoms with Crippen LogP contribution < -0.4 is 15.8 Å². The molecule has 128 valence electrons. The maximum Gasteiger partial charge on any atom is 0.238 e. The van der Waals surface area contributed by atoms with Gasteiger partial charge in [-0.1, -0.05) is 25.0 Å². The lowest BCUT2D eigenvalue weighted by molar-refractivity contribution is -0.120. The number of amides is 1. The van der Waals surface area contributed by atoms with Gasteiger partial charge in [0, 0.05) is 25.6 Å². The molecule has 0 aromatic heterocycles. The zero-order valence-electron chi connectivity index (χ0n) is 13.3. The molecule has 1 aliphatic carbocycles. The molecule has 1 aromatic carbocycles. The van der Waals surface area contributed by atoms with Gasteiger partial charge in [0.25, 0.3) is 0 Å². The Bertz CT molecular complexity index is 608. The number of benzene rings is 1. The summed E-state index contributed by atoms with van der Waals surface area (Å²) in [5.41, 5.74) is 0.960. The number of primary sulfonamides is 1. The van der Waals surface area contributed by atoms with E-state index < -0.39 is 10.0 Å². The highest BCUT2D eigenvalue weighted by molar-refractivity contribution is 7.89. The molecule has 0 heterocycles. The second-order valence-corrected chi connectivity index (χ2v) is 7.54. The summed E-state index contributed by atoms with van der Waals surface area (Å²) < 4.78 is 22.3. The van der Waals surface area contributed by atoms with Crippen LogP contribution in [-0.2, 0) is 21.2 Å². The van der Waals surface area contributed by atoms with Gasteiger partial charge in [0.15, 0.2) is 0 Å². The van der Waals surface area contributed by atoms with Crippen molar-refractivity contribution >= 4 is 15.9 Å². The van der Waals surface area contributed by atoms with E-state index in [1.807, 2.05) is 0 Å². The minimum absolute atomic E-state index is 0.0386. The highest BCUT2D eigenvalue weighted by atomic mass is 32.2. The standard InChI is InChI=1S/C16H25N3O3S/c17-23(21,22)15-7-5-13(6-8-15)9-11-19-16(20)10-12-18-14-3-1-2-4-14/h5-8,14,18H,1-4,9-12H2,(H,19,20)(H2,17,21,22). The lowest BCUT2D eigenvalue weighted by Crippen LogP contribution is -2.32. The van der Waals surface area contributed by atoms with Gasteiger partial charge in [0.05, 0.1) is 4.90 Å². The Morgan fingerprint density at radius 3 is 2.39 bits per heavy atom. The van der Waals surface area contributed by atoms with Gasteiger partial charge in [-0.05, 0) is 37.0 Å². The van der Waals surface area contributed by atoms with E-state index in [-0.39, 0.29) is 10.8 Å². The van der Waals surface area contributed by atoms with E-state index in [0.717, 1.165) is 12.1 Å². The molecule has 4 N–H and O–H groups in total. The Labute approximate surface area is 137 Å². The molecule has 1 fully saturated rings. The summed E-state index contributed by atoms with van der Waals surface area (Å²) in [5, 5.41) is 11.3. The first-order valence-corrected chi connectivity index (χ1v) is 9.61. The van der Waals surface area contributed by atoms with Crippen molar-refractivity contribution < 1.29 is 13.2 Å². The molecular formula is C16H25N3O3S. The number of nitrogens with one attached hydrogen (secondary N) is 2. The molecule has 1 saturated carbocycles. The van der Waals surface area contributed by atoms with Crippen LogP contribution in [0, 0.1) is 0 Å². The molecule has 1 aromatic rings. The number of nitrogens with two attached hydrogens (primary N) is 1. The highest BCUT2D eigenvalue weighted by Gasteiger charge is 2.14. The van der Waals surface area contributed by atoms with Gasteiger partial charge >= 0.3 is 0 Å². The number of sulfonamides is 1.